The van der Waals surface area contributed by atoms with E-state index in [1.807, 2.05) is 64.1 Å². The predicted molar refractivity (Wildman–Crippen MR) is 142 cm³/mol. The van der Waals surface area contributed by atoms with E-state index in [2.05, 4.69) is 5.32 Å². The molecule has 192 valence electrons. The van der Waals surface area contributed by atoms with Crippen LogP contribution in [0.1, 0.15) is 56.7 Å². The molecule has 35 heavy (non-hydrogen) atoms. The highest BCUT2D eigenvalue weighted by molar-refractivity contribution is 7.92. The van der Waals surface area contributed by atoms with E-state index < -0.39 is 22.0 Å². The maximum Gasteiger partial charge on any atom is 0.244 e. The van der Waals surface area contributed by atoms with Crippen molar-refractivity contribution < 1.29 is 18.0 Å². The SMILES string of the molecule is CCCCNC(=O)[C@@H](CC)N(Cc1cccc(C)c1)C(=O)CN(c1ccc(CC)cc1)S(C)(=O)=O. The molecule has 7 nitrogen and oxygen atoms in total. The molecule has 0 radical (unpaired) electrons. The molecule has 0 heterocycles. The Morgan fingerprint density at radius 3 is 2.23 bits per heavy atom. The molecule has 2 aromatic rings. The summed E-state index contributed by atoms with van der Waals surface area (Å²) in [6.07, 6.45) is 4.13. The molecule has 0 bridgehead atoms. The highest BCUT2D eigenvalue weighted by atomic mass is 32.2. The van der Waals surface area contributed by atoms with Gasteiger partial charge in [0.05, 0.1) is 11.9 Å². The number of sulfonamides is 1. The summed E-state index contributed by atoms with van der Waals surface area (Å²) in [5.74, 6) is -0.644. The summed E-state index contributed by atoms with van der Waals surface area (Å²) in [5, 5.41) is 2.93. The van der Waals surface area contributed by atoms with Crippen molar-refractivity contribution in [1.82, 2.24) is 10.2 Å². The molecule has 2 rings (SSSR count). The number of aryl methyl sites for hydroxylation is 2. The largest absolute Gasteiger partial charge is 0.354 e. The Morgan fingerprint density at radius 1 is 1.00 bits per heavy atom. The van der Waals surface area contributed by atoms with Gasteiger partial charge in [-0.3, -0.25) is 13.9 Å². The van der Waals surface area contributed by atoms with Crippen molar-refractivity contribution in [3.05, 3.63) is 65.2 Å². The van der Waals surface area contributed by atoms with E-state index >= 15 is 0 Å². The Bertz CT molecular complexity index is 1080. The number of rotatable bonds is 13. The maximum absolute atomic E-state index is 13.7. The second-order valence-corrected chi connectivity index (χ2v) is 10.8. The lowest BCUT2D eigenvalue weighted by Gasteiger charge is -2.33. The zero-order chi connectivity index (χ0) is 26.0. The zero-order valence-corrected chi connectivity index (χ0v) is 22.4. The third-order valence-electron chi connectivity index (χ3n) is 5.96. The van der Waals surface area contributed by atoms with Gasteiger partial charge in [0.1, 0.15) is 12.6 Å². The van der Waals surface area contributed by atoms with E-state index in [0.29, 0.717) is 18.7 Å². The number of nitrogens with zero attached hydrogens (tertiary/aromatic N) is 2. The molecule has 0 aliphatic heterocycles. The lowest BCUT2D eigenvalue weighted by molar-refractivity contribution is -0.140. The molecule has 0 aliphatic rings. The number of unbranched alkanes of at least 4 members (excludes halogenated alkanes) is 1. The Morgan fingerprint density at radius 2 is 1.69 bits per heavy atom. The molecule has 8 heteroatoms. The first-order chi connectivity index (χ1) is 16.6. The zero-order valence-electron chi connectivity index (χ0n) is 21.6. The second-order valence-electron chi connectivity index (χ2n) is 8.87. The molecule has 0 unspecified atom stereocenters. The Balaban J connectivity index is 2.39. The number of amides is 2. The summed E-state index contributed by atoms with van der Waals surface area (Å²) in [4.78, 5) is 28.2. The van der Waals surface area contributed by atoms with Gasteiger partial charge in [0.25, 0.3) is 0 Å². The van der Waals surface area contributed by atoms with Gasteiger partial charge < -0.3 is 10.2 Å². The smallest absolute Gasteiger partial charge is 0.244 e. The number of benzene rings is 2. The first kappa shape index (κ1) is 28.4. The first-order valence-electron chi connectivity index (χ1n) is 12.3. The van der Waals surface area contributed by atoms with Gasteiger partial charge in [-0.05, 0) is 49.4 Å². The quantitative estimate of drug-likeness (QED) is 0.420. The van der Waals surface area contributed by atoms with Crippen LogP contribution in [0.2, 0.25) is 0 Å². The minimum absolute atomic E-state index is 0.215. The van der Waals surface area contributed by atoms with Crippen LogP contribution in [0.5, 0.6) is 0 Å². The molecule has 0 fully saturated rings. The molecule has 0 aliphatic carbocycles. The number of carbonyl (C=O) groups is 2. The van der Waals surface area contributed by atoms with Gasteiger partial charge in [0.2, 0.25) is 21.8 Å². The summed E-state index contributed by atoms with van der Waals surface area (Å²) >= 11 is 0. The monoisotopic (exact) mass is 501 g/mol. The standard InChI is InChI=1S/C27H39N3O4S/c1-6-9-17-28-27(32)25(8-3)29(19-23-12-10-11-21(4)18-23)26(31)20-30(35(5,33)34)24-15-13-22(7-2)14-16-24/h10-16,18,25H,6-9,17,19-20H2,1-5H3,(H,28,32)/t25-/m1/s1. The number of hydrogen-bond donors (Lipinski definition) is 1. The van der Waals surface area contributed by atoms with Crippen molar-refractivity contribution in [1.29, 1.82) is 0 Å². The molecular formula is C27H39N3O4S. The maximum atomic E-state index is 13.7. The van der Waals surface area contributed by atoms with Crippen molar-refractivity contribution in [2.75, 3.05) is 23.7 Å². The van der Waals surface area contributed by atoms with Gasteiger partial charge in [-0.25, -0.2) is 8.42 Å². The molecule has 1 N–H and O–H groups in total. The molecular weight excluding hydrogens is 462 g/mol. The van der Waals surface area contributed by atoms with E-state index in [1.54, 1.807) is 12.1 Å². The Labute approximate surface area is 210 Å². The van der Waals surface area contributed by atoms with Crippen molar-refractivity contribution in [2.45, 2.75) is 66.0 Å². The second kappa shape index (κ2) is 13.3. The van der Waals surface area contributed by atoms with Crippen LogP contribution >= 0.6 is 0 Å². The van der Waals surface area contributed by atoms with E-state index in [-0.39, 0.29) is 19.0 Å². The number of anilines is 1. The fourth-order valence-corrected chi connectivity index (χ4v) is 4.79. The van der Waals surface area contributed by atoms with Crippen LogP contribution in [0, 0.1) is 6.92 Å². The van der Waals surface area contributed by atoms with Crippen molar-refractivity contribution >= 4 is 27.5 Å². The van der Waals surface area contributed by atoms with Crippen LogP contribution in [0.4, 0.5) is 5.69 Å². The third-order valence-corrected chi connectivity index (χ3v) is 7.10. The average Bonchev–Trinajstić information content (AvgIpc) is 2.82. The molecule has 2 aromatic carbocycles. The van der Waals surface area contributed by atoms with E-state index in [0.717, 1.165) is 46.5 Å². The summed E-state index contributed by atoms with van der Waals surface area (Å²) in [7, 11) is -3.73. The van der Waals surface area contributed by atoms with Crippen molar-refractivity contribution in [2.24, 2.45) is 0 Å². The van der Waals surface area contributed by atoms with Crippen LogP contribution in [-0.2, 0) is 32.6 Å². The Kier molecular flexibility index (Phi) is 10.8. The van der Waals surface area contributed by atoms with E-state index in [9.17, 15) is 18.0 Å². The summed E-state index contributed by atoms with van der Waals surface area (Å²) in [6, 6.07) is 14.2. The fraction of sp³-hybridized carbons (Fsp3) is 0.481. The molecule has 1 atom stereocenters. The van der Waals surface area contributed by atoms with Gasteiger partial charge in [-0.1, -0.05) is 69.2 Å². The van der Waals surface area contributed by atoms with E-state index in [4.69, 9.17) is 0 Å². The van der Waals surface area contributed by atoms with Crippen LogP contribution in [-0.4, -0.2) is 50.5 Å². The third kappa shape index (κ3) is 8.38. The van der Waals surface area contributed by atoms with Crippen LogP contribution in [0.3, 0.4) is 0 Å². The number of nitrogens with one attached hydrogen (secondary N) is 1. The van der Waals surface area contributed by atoms with Crippen molar-refractivity contribution in [3.8, 4) is 0 Å². The molecule has 0 aromatic heterocycles. The molecule has 0 spiro atoms. The number of carbonyl (C=O) groups excluding carboxylic acids is 2. The molecule has 2 amide bonds. The van der Waals surface area contributed by atoms with Crippen LogP contribution < -0.4 is 9.62 Å². The average molecular weight is 502 g/mol. The van der Waals surface area contributed by atoms with E-state index in [1.165, 1.54) is 4.90 Å². The lowest BCUT2D eigenvalue weighted by atomic mass is 10.1. The predicted octanol–water partition coefficient (Wildman–Crippen LogP) is 4.05. The molecule has 0 saturated carbocycles. The van der Waals surface area contributed by atoms with Crippen LogP contribution in [0.25, 0.3) is 0 Å². The minimum Gasteiger partial charge on any atom is -0.354 e. The van der Waals surface area contributed by atoms with Crippen LogP contribution in [0.15, 0.2) is 48.5 Å². The van der Waals surface area contributed by atoms with Gasteiger partial charge >= 0.3 is 0 Å². The van der Waals surface area contributed by atoms with Crippen molar-refractivity contribution in [3.63, 3.8) is 0 Å². The number of hydrogen-bond acceptors (Lipinski definition) is 4. The van der Waals surface area contributed by atoms with Gasteiger partial charge in [-0.15, -0.1) is 0 Å². The first-order valence-corrected chi connectivity index (χ1v) is 14.1. The highest BCUT2D eigenvalue weighted by Gasteiger charge is 2.31. The lowest BCUT2D eigenvalue weighted by Crippen LogP contribution is -2.52. The summed E-state index contributed by atoms with van der Waals surface area (Å²) in [6.45, 7) is 8.27. The fourth-order valence-electron chi connectivity index (χ4n) is 3.94. The van der Waals surface area contributed by atoms with Gasteiger partial charge in [0.15, 0.2) is 0 Å². The van der Waals surface area contributed by atoms with Gasteiger partial charge in [-0.2, -0.15) is 0 Å². The highest BCUT2D eigenvalue weighted by Crippen LogP contribution is 2.21. The normalized spacial score (nSPS) is 12.1. The Hall–Kier alpha value is -2.87. The summed E-state index contributed by atoms with van der Waals surface area (Å²) < 4.78 is 26.5. The minimum atomic E-state index is -3.73. The van der Waals surface area contributed by atoms with Gasteiger partial charge in [0, 0.05) is 13.1 Å². The topological polar surface area (TPSA) is 86.8 Å². The summed E-state index contributed by atoms with van der Waals surface area (Å²) in [5.41, 5.74) is 3.43. The molecule has 0 saturated heterocycles.